The first-order chi connectivity index (χ1) is 10.9. The Hall–Kier alpha value is -1.11. The zero-order valence-electron chi connectivity index (χ0n) is 12.9. The van der Waals surface area contributed by atoms with Crippen LogP contribution < -0.4 is 5.32 Å². The molecule has 2 fully saturated rings. The van der Waals surface area contributed by atoms with Crippen molar-refractivity contribution in [2.45, 2.75) is 37.5 Å². The molecule has 1 atom stereocenters. The number of rotatable bonds is 5. The van der Waals surface area contributed by atoms with Gasteiger partial charge < -0.3 is 5.32 Å². The highest BCUT2D eigenvalue weighted by atomic mass is 35.5. The number of sulfonamides is 1. The minimum atomic E-state index is -3.44. The Bertz CT molecular complexity index is 688. The summed E-state index contributed by atoms with van der Waals surface area (Å²) in [5.41, 5.74) is 0.669. The van der Waals surface area contributed by atoms with Crippen LogP contribution in [0.25, 0.3) is 0 Å². The molecule has 5 nitrogen and oxygen atoms in total. The maximum atomic E-state index is 12.6. The SMILES string of the molecule is O=C(NC1CC1)C1CCCN(S(=O)(=O)Cc2cccc(Cl)c2)C1. The first kappa shape index (κ1) is 16.7. The quantitative estimate of drug-likeness (QED) is 0.879. The maximum Gasteiger partial charge on any atom is 0.224 e. The van der Waals surface area contributed by atoms with Crippen LogP contribution in [0.1, 0.15) is 31.2 Å². The summed E-state index contributed by atoms with van der Waals surface area (Å²) >= 11 is 5.92. The van der Waals surface area contributed by atoms with Crippen LogP contribution in [0.2, 0.25) is 5.02 Å². The Morgan fingerprint density at radius 1 is 1.30 bits per heavy atom. The molecule has 1 amide bonds. The monoisotopic (exact) mass is 356 g/mol. The summed E-state index contributed by atoms with van der Waals surface area (Å²) in [5.74, 6) is -0.321. The number of piperidine rings is 1. The zero-order chi connectivity index (χ0) is 16.4. The van der Waals surface area contributed by atoms with E-state index in [0.717, 1.165) is 25.7 Å². The highest BCUT2D eigenvalue weighted by Gasteiger charge is 2.34. The highest BCUT2D eigenvalue weighted by Crippen LogP contribution is 2.24. The van der Waals surface area contributed by atoms with Gasteiger partial charge in [0.2, 0.25) is 15.9 Å². The Balaban J connectivity index is 1.65. The second-order valence-corrected chi connectivity index (χ2v) is 8.77. The largest absolute Gasteiger partial charge is 0.353 e. The smallest absolute Gasteiger partial charge is 0.224 e. The maximum absolute atomic E-state index is 12.6. The number of hydrogen-bond donors (Lipinski definition) is 1. The van der Waals surface area contributed by atoms with E-state index < -0.39 is 10.0 Å². The molecule has 1 saturated heterocycles. The lowest BCUT2D eigenvalue weighted by molar-refractivity contribution is -0.126. The van der Waals surface area contributed by atoms with Gasteiger partial charge in [0.05, 0.1) is 11.7 Å². The van der Waals surface area contributed by atoms with E-state index >= 15 is 0 Å². The van der Waals surface area contributed by atoms with E-state index in [-0.39, 0.29) is 24.1 Å². The van der Waals surface area contributed by atoms with Crippen molar-refractivity contribution < 1.29 is 13.2 Å². The fourth-order valence-electron chi connectivity index (χ4n) is 2.88. The van der Waals surface area contributed by atoms with E-state index in [1.807, 2.05) is 0 Å². The van der Waals surface area contributed by atoms with Crippen molar-refractivity contribution in [1.29, 1.82) is 0 Å². The van der Waals surface area contributed by atoms with Crippen LogP contribution in [0.5, 0.6) is 0 Å². The lowest BCUT2D eigenvalue weighted by Gasteiger charge is -2.31. The standard InChI is InChI=1S/C16H21ClN2O3S/c17-14-5-1-3-12(9-14)11-23(21,22)19-8-2-4-13(10-19)16(20)18-15-6-7-15/h1,3,5,9,13,15H,2,4,6-8,10-11H2,(H,18,20). The Kier molecular flexibility index (Phi) is 4.94. The zero-order valence-corrected chi connectivity index (χ0v) is 14.4. The molecule has 1 heterocycles. The van der Waals surface area contributed by atoms with Crippen molar-refractivity contribution in [3.05, 3.63) is 34.9 Å². The van der Waals surface area contributed by atoms with E-state index in [0.29, 0.717) is 23.2 Å². The molecule has 1 aromatic rings. The van der Waals surface area contributed by atoms with Gasteiger partial charge >= 0.3 is 0 Å². The molecule has 2 aliphatic rings. The van der Waals surface area contributed by atoms with Crippen LogP contribution in [-0.2, 0) is 20.6 Å². The molecular weight excluding hydrogens is 336 g/mol. The molecule has 3 rings (SSSR count). The molecule has 1 unspecified atom stereocenters. The van der Waals surface area contributed by atoms with Gasteiger partial charge in [0, 0.05) is 24.2 Å². The van der Waals surface area contributed by atoms with Crippen LogP contribution in [0.3, 0.4) is 0 Å². The number of benzene rings is 1. The predicted molar refractivity (Wildman–Crippen MR) is 89.5 cm³/mol. The van der Waals surface area contributed by atoms with Gasteiger partial charge in [0.25, 0.3) is 0 Å². The number of nitrogens with zero attached hydrogens (tertiary/aromatic N) is 1. The third-order valence-corrected chi connectivity index (χ3v) is 6.36. The minimum absolute atomic E-state index is 0.00449. The topological polar surface area (TPSA) is 66.5 Å². The van der Waals surface area contributed by atoms with Gasteiger partial charge in [-0.15, -0.1) is 0 Å². The third-order valence-electron chi connectivity index (χ3n) is 4.31. The Labute approximate surface area is 142 Å². The van der Waals surface area contributed by atoms with Crippen LogP contribution in [0.15, 0.2) is 24.3 Å². The molecule has 1 aliphatic carbocycles. The van der Waals surface area contributed by atoms with Gasteiger partial charge in [0.1, 0.15) is 0 Å². The van der Waals surface area contributed by atoms with Crippen molar-refractivity contribution in [2.24, 2.45) is 5.92 Å². The van der Waals surface area contributed by atoms with Crippen molar-refractivity contribution >= 4 is 27.5 Å². The number of halogens is 1. The summed E-state index contributed by atoms with van der Waals surface area (Å²) in [5, 5.41) is 3.50. The molecule has 1 N–H and O–H groups in total. The average molecular weight is 357 g/mol. The van der Waals surface area contributed by atoms with Gasteiger partial charge in [-0.25, -0.2) is 12.7 Å². The van der Waals surface area contributed by atoms with Crippen molar-refractivity contribution in [2.75, 3.05) is 13.1 Å². The summed E-state index contributed by atoms with van der Waals surface area (Å²) in [4.78, 5) is 12.2. The van der Waals surface area contributed by atoms with E-state index in [1.54, 1.807) is 24.3 Å². The van der Waals surface area contributed by atoms with Crippen molar-refractivity contribution in [3.63, 3.8) is 0 Å². The number of nitrogens with one attached hydrogen (secondary N) is 1. The summed E-state index contributed by atoms with van der Waals surface area (Å²) in [6.07, 6.45) is 3.55. The van der Waals surface area contributed by atoms with Crippen molar-refractivity contribution in [1.82, 2.24) is 9.62 Å². The second-order valence-electron chi connectivity index (χ2n) is 6.37. The number of hydrogen-bond acceptors (Lipinski definition) is 3. The third kappa shape index (κ3) is 4.46. The first-order valence-electron chi connectivity index (χ1n) is 7.97. The number of amides is 1. The molecule has 126 valence electrons. The van der Waals surface area contributed by atoms with Crippen LogP contribution >= 0.6 is 11.6 Å². The molecule has 0 spiro atoms. The number of carbonyl (C=O) groups excluding carboxylic acids is 1. The summed E-state index contributed by atoms with van der Waals surface area (Å²) in [6.45, 7) is 0.761. The molecular formula is C16H21ClN2O3S. The van der Waals surface area contributed by atoms with E-state index in [4.69, 9.17) is 11.6 Å². The molecule has 1 aliphatic heterocycles. The summed E-state index contributed by atoms with van der Waals surface area (Å²) < 4.78 is 26.7. The summed E-state index contributed by atoms with van der Waals surface area (Å²) in [6, 6.07) is 7.19. The van der Waals surface area contributed by atoms with Crippen LogP contribution in [-0.4, -0.2) is 37.8 Å². The molecule has 7 heteroatoms. The first-order valence-corrected chi connectivity index (χ1v) is 9.95. The average Bonchev–Trinajstić information content (AvgIpc) is 3.31. The second kappa shape index (κ2) is 6.79. The fourth-order valence-corrected chi connectivity index (χ4v) is 4.70. The van der Waals surface area contributed by atoms with Gasteiger partial charge in [-0.1, -0.05) is 23.7 Å². The predicted octanol–water partition coefficient (Wildman–Crippen LogP) is 2.16. The highest BCUT2D eigenvalue weighted by molar-refractivity contribution is 7.88. The van der Waals surface area contributed by atoms with Crippen LogP contribution in [0, 0.1) is 5.92 Å². The molecule has 1 saturated carbocycles. The Morgan fingerprint density at radius 2 is 2.09 bits per heavy atom. The Morgan fingerprint density at radius 3 is 2.78 bits per heavy atom. The summed E-state index contributed by atoms with van der Waals surface area (Å²) in [7, 11) is -3.44. The van der Waals surface area contributed by atoms with E-state index in [1.165, 1.54) is 4.31 Å². The lowest BCUT2D eigenvalue weighted by Crippen LogP contribution is -2.46. The number of carbonyl (C=O) groups is 1. The van der Waals surface area contributed by atoms with Gasteiger partial charge in [-0.05, 0) is 43.4 Å². The fraction of sp³-hybridized carbons (Fsp3) is 0.562. The normalized spacial score (nSPS) is 22.7. The van der Waals surface area contributed by atoms with Crippen molar-refractivity contribution in [3.8, 4) is 0 Å². The molecule has 0 bridgehead atoms. The molecule has 0 aromatic heterocycles. The molecule has 1 aromatic carbocycles. The van der Waals surface area contributed by atoms with E-state index in [9.17, 15) is 13.2 Å². The molecule has 0 radical (unpaired) electrons. The van der Waals surface area contributed by atoms with Crippen LogP contribution in [0.4, 0.5) is 0 Å². The minimum Gasteiger partial charge on any atom is -0.353 e. The van der Waals surface area contributed by atoms with Gasteiger partial charge in [-0.2, -0.15) is 0 Å². The lowest BCUT2D eigenvalue weighted by atomic mass is 9.99. The van der Waals surface area contributed by atoms with Gasteiger partial charge in [-0.3, -0.25) is 4.79 Å². The van der Waals surface area contributed by atoms with Gasteiger partial charge in [0.15, 0.2) is 0 Å². The molecule has 23 heavy (non-hydrogen) atoms. The van der Waals surface area contributed by atoms with E-state index in [2.05, 4.69) is 5.32 Å².